The van der Waals surface area contributed by atoms with Gasteiger partial charge in [0.15, 0.2) is 0 Å². The molecule has 0 aromatic rings. The van der Waals surface area contributed by atoms with Crippen LogP contribution in [0.5, 0.6) is 0 Å². The molecule has 0 saturated heterocycles. The van der Waals surface area contributed by atoms with Crippen molar-refractivity contribution in [2.45, 2.75) is 91.8 Å². The van der Waals surface area contributed by atoms with Crippen molar-refractivity contribution < 1.29 is 9.53 Å². The molecule has 4 heteroatoms. The summed E-state index contributed by atoms with van der Waals surface area (Å²) >= 11 is 0. The highest BCUT2D eigenvalue weighted by atomic mass is 16.6. The number of ether oxygens (including phenoxy) is 1. The van der Waals surface area contributed by atoms with Gasteiger partial charge in [-0.05, 0) is 59.3 Å². The Morgan fingerprint density at radius 3 is 2.30 bits per heavy atom. The van der Waals surface area contributed by atoms with E-state index in [1.165, 1.54) is 25.7 Å². The molecule has 1 saturated carbocycles. The normalized spacial score (nSPS) is 22.5. The summed E-state index contributed by atoms with van der Waals surface area (Å²) in [7, 11) is 0. The van der Waals surface area contributed by atoms with Gasteiger partial charge in [-0.1, -0.05) is 26.7 Å². The van der Waals surface area contributed by atoms with Crippen molar-refractivity contribution in [3.8, 4) is 0 Å². The van der Waals surface area contributed by atoms with E-state index in [9.17, 15) is 4.79 Å². The first-order chi connectivity index (χ1) is 10.6. The third-order valence-electron chi connectivity index (χ3n) is 4.69. The Morgan fingerprint density at radius 2 is 1.78 bits per heavy atom. The SMILES string of the molecule is CC(C)C1CCCCC1NCCN(C(=O)OC(C)(C)C)C(C)C. The van der Waals surface area contributed by atoms with E-state index in [1.54, 1.807) is 0 Å². The molecular weight excluding hydrogens is 288 g/mol. The Bertz CT molecular complexity index is 361. The van der Waals surface area contributed by atoms with E-state index in [1.807, 2.05) is 39.5 Å². The van der Waals surface area contributed by atoms with E-state index in [0.29, 0.717) is 12.6 Å². The summed E-state index contributed by atoms with van der Waals surface area (Å²) in [6, 6.07) is 0.746. The number of hydrogen-bond acceptors (Lipinski definition) is 3. The number of amides is 1. The Kier molecular flexibility index (Phi) is 7.85. The van der Waals surface area contributed by atoms with Crippen LogP contribution < -0.4 is 5.32 Å². The van der Waals surface area contributed by atoms with Crippen LogP contribution in [0.1, 0.15) is 74.1 Å². The van der Waals surface area contributed by atoms with Gasteiger partial charge in [-0.25, -0.2) is 4.79 Å². The van der Waals surface area contributed by atoms with Crippen LogP contribution in [0.2, 0.25) is 0 Å². The molecule has 0 aliphatic heterocycles. The Labute approximate surface area is 143 Å². The number of hydrogen-bond donors (Lipinski definition) is 1. The number of nitrogens with one attached hydrogen (secondary N) is 1. The van der Waals surface area contributed by atoms with Crippen LogP contribution in [-0.4, -0.2) is 41.8 Å². The second-order valence-electron chi connectivity index (χ2n) is 8.52. The van der Waals surface area contributed by atoms with Crippen molar-refractivity contribution in [1.29, 1.82) is 0 Å². The highest BCUT2D eigenvalue weighted by Gasteiger charge is 2.28. The van der Waals surface area contributed by atoms with Gasteiger partial charge in [-0.15, -0.1) is 0 Å². The predicted octanol–water partition coefficient (Wildman–Crippen LogP) is 4.44. The minimum atomic E-state index is -0.441. The van der Waals surface area contributed by atoms with Gasteiger partial charge < -0.3 is 15.0 Å². The van der Waals surface area contributed by atoms with Gasteiger partial charge in [0.2, 0.25) is 0 Å². The van der Waals surface area contributed by atoms with Crippen molar-refractivity contribution in [3.63, 3.8) is 0 Å². The molecule has 0 aromatic carbocycles. The van der Waals surface area contributed by atoms with Gasteiger partial charge in [-0.2, -0.15) is 0 Å². The molecule has 0 aromatic heterocycles. The summed E-state index contributed by atoms with van der Waals surface area (Å²) in [5.41, 5.74) is -0.441. The fraction of sp³-hybridized carbons (Fsp3) is 0.947. The van der Waals surface area contributed by atoms with Crippen LogP contribution in [0.25, 0.3) is 0 Å². The summed E-state index contributed by atoms with van der Waals surface area (Å²) in [4.78, 5) is 14.2. The smallest absolute Gasteiger partial charge is 0.410 e. The van der Waals surface area contributed by atoms with Crippen LogP contribution in [0.4, 0.5) is 4.79 Å². The van der Waals surface area contributed by atoms with Crippen LogP contribution in [0.15, 0.2) is 0 Å². The lowest BCUT2D eigenvalue weighted by molar-refractivity contribution is 0.0189. The first kappa shape index (κ1) is 20.3. The molecule has 1 amide bonds. The summed E-state index contributed by atoms with van der Waals surface area (Å²) in [6.45, 7) is 16.0. The highest BCUT2D eigenvalue weighted by Crippen LogP contribution is 2.30. The second-order valence-corrected chi connectivity index (χ2v) is 8.52. The maximum atomic E-state index is 12.3. The molecule has 2 unspecified atom stereocenters. The molecule has 0 bridgehead atoms. The molecule has 23 heavy (non-hydrogen) atoms. The van der Waals surface area contributed by atoms with Gasteiger partial charge in [0.05, 0.1) is 0 Å². The van der Waals surface area contributed by atoms with E-state index >= 15 is 0 Å². The zero-order valence-corrected chi connectivity index (χ0v) is 16.3. The zero-order valence-electron chi connectivity index (χ0n) is 16.3. The molecule has 1 aliphatic carbocycles. The lowest BCUT2D eigenvalue weighted by atomic mass is 9.78. The molecule has 2 atom stereocenters. The fourth-order valence-electron chi connectivity index (χ4n) is 3.46. The molecule has 4 nitrogen and oxygen atoms in total. The zero-order chi connectivity index (χ0) is 17.6. The standard InChI is InChI=1S/C19H38N2O2/c1-14(2)16-10-8-9-11-17(16)20-12-13-21(15(3)4)18(22)23-19(5,6)7/h14-17,20H,8-13H2,1-7H3. The quantitative estimate of drug-likeness (QED) is 0.785. The van der Waals surface area contributed by atoms with Crippen molar-refractivity contribution in [3.05, 3.63) is 0 Å². The summed E-state index contributed by atoms with van der Waals surface area (Å²) < 4.78 is 5.52. The van der Waals surface area contributed by atoms with Crippen molar-refractivity contribution >= 4 is 6.09 Å². The largest absolute Gasteiger partial charge is 0.444 e. The molecule has 1 aliphatic rings. The van der Waals surface area contributed by atoms with Gasteiger partial charge in [0, 0.05) is 25.2 Å². The van der Waals surface area contributed by atoms with Crippen molar-refractivity contribution in [1.82, 2.24) is 10.2 Å². The maximum absolute atomic E-state index is 12.3. The number of nitrogens with zero attached hydrogens (tertiary/aromatic N) is 1. The topological polar surface area (TPSA) is 41.6 Å². The van der Waals surface area contributed by atoms with Gasteiger partial charge in [0.25, 0.3) is 0 Å². The van der Waals surface area contributed by atoms with Gasteiger partial charge >= 0.3 is 6.09 Å². The number of rotatable bonds is 6. The molecule has 1 N–H and O–H groups in total. The lowest BCUT2D eigenvalue weighted by Crippen LogP contribution is -2.47. The number of carbonyl (C=O) groups excluding carboxylic acids is 1. The minimum absolute atomic E-state index is 0.152. The van der Waals surface area contributed by atoms with E-state index in [2.05, 4.69) is 19.2 Å². The Hall–Kier alpha value is -0.770. The fourth-order valence-corrected chi connectivity index (χ4v) is 3.46. The summed E-state index contributed by atoms with van der Waals surface area (Å²) in [5, 5.41) is 3.71. The monoisotopic (exact) mass is 326 g/mol. The molecule has 0 spiro atoms. The molecular formula is C19H38N2O2. The molecule has 1 fully saturated rings. The average molecular weight is 327 g/mol. The van der Waals surface area contributed by atoms with Crippen LogP contribution in [0.3, 0.4) is 0 Å². The maximum Gasteiger partial charge on any atom is 0.410 e. The van der Waals surface area contributed by atoms with Crippen LogP contribution in [0, 0.1) is 11.8 Å². The molecule has 0 radical (unpaired) electrons. The molecule has 1 rings (SSSR count). The van der Waals surface area contributed by atoms with E-state index < -0.39 is 5.60 Å². The first-order valence-corrected chi connectivity index (χ1v) is 9.35. The van der Waals surface area contributed by atoms with Crippen molar-refractivity contribution in [2.75, 3.05) is 13.1 Å². The van der Waals surface area contributed by atoms with E-state index in [4.69, 9.17) is 4.74 Å². The van der Waals surface area contributed by atoms with Crippen LogP contribution >= 0.6 is 0 Å². The Balaban J connectivity index is 2.50. The second kappa shape index (κ2) is 8.91. The first-order valence-electron chi connectivity index (χ1n) is 9.35. The van der Waals surface area contributed by atoms with Gasteiger partial charge in [0.1, 0.15) is 5.60 Å². The van der Waals surface area contributed by atoms with E-state index in [0.717, 1.165) is 18.4 Å². The summed E-state index contributed by atoms with van der Waals surface area (Å²) in [6.07, 6.45) is 5.06. The highest BCUT2D eigenvalue weighted by molar-refractivity contribution is 5.68. The molecule has 136 valence electrons. The molecule has 0 heterocycles. The van der Waals surface area contributed by atoms with Crippen molar-refractivity contribution in [2.24, 2.45) is 11.8 Å². The third kappa shape index (κ3) is 7.11. The summed E-state index contributed by atoms with van der Waals surface area (Å²) in [5.74, 6) is 1.48. The minimum Gasteiger partial charge on any atom is -0.444 e. The van der Waals surface area contributed by atoms with Gasteiger partial charge in [-0.3, -0.25) is 0 Å². The predicted molar refractivity (Wildman–Crippen MR) is 96.7 cm³/mol. The number of carbonyl (C=O) groups is 1. The van der Waals surface area contributed by atoms with E-state index in [-0.39, 0.29) is 12.1 Å². The van der Waals surface area contributed by atoms with Crippen LogP contribution in [-0.2, 0) is 4.74 Å². The Morgan fingerprint density at radius 1 is 1.17 bits per heavy atom. The lowest BCUT2D eigenvalue weighted by Gasteiger charge is -2.36. The average Bonchev–Trinajstić information content (AvgIpc) is 2.41. The third-order valence-corrected chi connectivity index (χ3v) is 4.69.